The van der Waals surface area contributed by atoms with Crippen LogP contribution < -0.4 is 5.32 Å². The Morgan fingerprint density at radius 2 is 1.35 bits per heavy atom. The molecular formula is C30H31N3O4. The zero-order valence-corrected chi connectivity index (χ0v) is 20.8. The molecule has 2 heterocycles. The van der Waals surface area contributed by atoms with E-state index in [4.69, 9.17) is 5.11 Å². The van der Waals surface area contributed by atoms with Crippen LogP contribution in [0.5, 0.6) is 0 Å². The van der Waals surface area contributed by atoms with Crippen LogP contribution in [0.3, 0.4) is 0 Å². The van der Waals surface area contributed by atoms with Gasteiger partial charge in [0.05, 0.1) is 17.7 Å². The Bertz CT molecular complexity index is 1170. The van der Waals surface area contributed by atoms with Crippen molar-refractivity contribution in [3.05, 3.63) is 108 Å². The van der Waals surface area contributed by atoms with Crippen molar-refractivity contribution < 1.29 is 19.5 Å². The normalized spacial score (nSPS) is 22.2. The summed E-state index contributed by atoms with van der Waals surface area (Å²) in [6.07, 6.45) is 1.10. The fourth-order valence-corrected chi connectivity index (χ4v) is 5.77. The van der Waals surface area contributed by atoms with E-state index in [0.29, 0.717) is 19.5 Å². The fraction of sp³-hybridized carbons (Fsp3) is 0.300. The second-order valence-corrected chi connectivity index (χ2v) is 9.73. The largest absolute Gasteiger partial charge is 0.475 e. The molecule has 0 bridgehead atoms. The molecule has 0 saturated carbocycles. The minimum absolute atomic E-state index is 0.112. The summed E-state index contributed by atoms with van der Waals surface area (Å²) in [6.45, 7) is 2.73. The minimum Gasteiger partial charge on any atom is -0.475 e. The number of ketones is 1. The third-order valence-corrected chi connectivity index (χ3v) is 7.61. The van der Waals surface area contributed by atoms with Gasteiger partial charge in [0.2, 0.25) is 5.91 Å². The van der Waals surface area contributed by atoms with Gasteiger partial charge in [-0.05, 0) is 36.5 Å². The van der Waals surface area contributed by atoms with Gasteiger partial charge in [0, 0.05) is 13.1 Å². The summed E-state index contributed by atoms with van der Waals surface area (Å²) in [4.78, 5) is 40.9. The van der Waals surface area contributed by atoms with Gasteiger partial charge in [-0.2, -0.15) is 0 Å². The second-order valence-electron chi connectivity index (χ2n) is 9.73. The molecule has 2 N–H and O–H groups in total. The van der Waals surface area contributed by atoms with E-state index >= 15 is 0 Å². The van der Waals surface area contributed by atoms with Crippen molar-refractivity contribution >= 4 is 17.7 Å². The summed E-state index contributed by atoms with van der Waals surface area (Å²) in [5, 5.41) is 12.3. The summed E-state index contributed by atoms with van der Waals surface area (Å²) in [5.74, 6) is -2.42. The first-order chi connectivity index (χ1) is 17.9. The molecule has 190 valence electrons. The van der Waals surface area contributed by atoms with Crippen molar-refractivity contribution in [3.8, 4) is 0 Å². The topological polar surface area (TPSA) is 89.7 Å². The fourth-order valence-electron chi connectivity index (χ4n) is 5.77. The summed E-state index contributed by atoms with van der Waals surface area (Å²) in [6, 6.07) is 29.5. The average Bonchev–Trinajstić information content (AvgIpc) is 3.60. The number of carboxylic acids is 1. The Balaban J connectivity index is 1.47. The van der Waals surface area contributed by atoms with Crippen molar-refractivity contribution in [3.63, 3.8) is 0 Å². The van der Waals surface area contributed by atoms with E-state index in [-0.39, 0.29) is 18.1 Å². The molecule has 5 rings (SSSR count). The number of amides is 1. The predicted octanol–water partition coefficient (Wildman–Crippen LogP) is 3.24. The summed E-state index contributed by atoms with van der Waals surface area (Å²) in [7, 11) is 0. The third-order valence-electron chi connectivity index (χ3n) is 7.61. The Kier molecular flexibility index (Phi) is 6.91. The summed E-state index contributed by atoms with van der Waals surface area (Å²) < 4.78 is 0. The summed E-state index contributed by atoms with van der Waals surface area (Å²) >= 11 is 0. The van der Waals surface area contributed by atoms with Crippen LogP contribution in [-0.4, -0.2) is 63.9 Å². The van der Waals surface area contributed by atoms with Gasteiger partial charge in [-0.15, -0.1) is 0 Å². The van der Waals surface area contributed by atoms with Crippen molar-refractivity contribution in [1.82, 2.24) is 15.1 Å². The highest BCUT2D eigenvalue weighted by molar-refractivity contribution is 6.34. The second kappa shape index (κ2) is 10.3. The lowest BCUT2D eigenvalue weighted by Crippen LogP contribution is -2.53. The molecule has 37 heavy (non-hydrogen) atoms. The molecule has 0 aliphatic carbocycles. The Hall–Kier alpha value is -3.81. The third kappa shape index (κ3) is 4.56. The maximum absolute atomic E-state index is 13.6. The molecule has 1 amide bonds. The van der Waals surface area contributed by atoms with Crippen LogP contribution in [0.2, 0.25) is 0 Å². The standard InChI is InChI=1S/C30H31N3O4/c1-21(27(34)29(36)37)32-19-11-18-26(32)31-28(35)25-20-33(25)30(22-12-5-2-6-13-22,23-14-7-3-8-15-23)24-16-9-4-10-17-24/h2-10,12-17,21,25-26H,11,18-20H2,1H3,(H,31,35)(H,36,37)/t21?,25-,26?,33?/m0/s1. The van der Waals surface area contributed by atoms with Crippen molar-refractivity contribution in [1.29, 1.82) is 0 Å². The number of carboxylic acid groups (broad SMARTS) is 1. The molecule has 3 aromatic carbocycles. The van der Waals surface area contributed by atoms with Gasteiger partial charge in [0.25, 0.3) is 5.78 Å². The number of likely N-dealkylation sites (tertiary alicyclic amines) is 1. The van der Waals surface area contributed by atoms with E-state index in [2.05, 4.69) is 46.6 Å². The monoisotopic (exact) mass is 497 g/mol. The number of Topliss-reactive ketones (excluding diaryl/α,β-unsaturated/α-hetero) is 1. The van der Waals surface area contributed by atoms with Gasteiger partial charge in [0.1, 0.15) is 6.04 Å². The van der Waals surface area contributed by atoms with E-state index in [9.17, 15) is 14.4 Å². The van der Waals surface area contributed by atoms with E-state index in [1.807, 2.05) is 54.6 Å². The lowest BCUT2D eigenvalue weighted by atomic mass is 9.76. The van der Waals surface area contributed by atoms with Crippen LogP contribution in [0.15, 0.2) is 91.0 Å². The highest BCUT2D eigenvalue weighted by atomic mass is 16.4. The van der Waals surface area contributed by atoms with Crippen LogP contribution in [0, 0.1) is 0 Å². The maximum Gasteiger partial charge on any atom is 0.373 e. The summed E-state index contributed by atoms with van der Waals surface area (Å²) in [5.41, 5.74) is 2.57. The van der Waals surface area contributed by atoms with Gasteiger partial charge >= 0.3 is 5.97 Å². The van der Waals surface area contributed by atoms with Crippen LogP contribution in [-0.2, 0) is 19.9 Å². The van der Waals surface area contributed by atoms with Crippen molar-refractivity contribution in [2.24, 2.45) is 0 Å². The van der Waals surface area contributed by atoms with Gasteiger partial charge < -0.3 is 10.4 Å². The predicted molar refractivity (Wildman–Crippen MR) is 140 cm³/mol. The smallest absolute Gasteiger partial charge is 0.373 e. The molecule has 3 aromatic rings. The average molecular weight is 498 g/mol. The maximum atomic E-state index is 13.6. The van der Waals surface area contributed by atoms with Crippen LogP contribution in [0.25, 0.3) is 0 Å². The molecule has 2 fully saturated rings. The van der Waals surface area contributed by atoms with Crippen molar-refractivity contribution in [2.75, 3.05) is 13.1 Å². The van der Waals surface area contributed by atoms with Crippen molar-refractivity contribution in [2.45, 2.75) is 43.6 Å². The molecule has 3 unspecified atom stereocenters. The first kappa shape index (κ1) is 24.9. The first-order valence-corrected chi connectivity index (χ1v) is 12.7. The number of hydrogen-bond donors (Lipinski definition) is 2. The molecule has 2 saturated heterocycles. The lowest BCUT2D eigenvalue weighted by molar-refractivity contribution is -0.151. The highest BCUT2D eigenvalue weighted by Gasteiger charge is 2.56. The molecule has 0 spiro atoms. The van der Waals surface area contributed by atoms with Crippen LogP contribution in [0.4, 0.5) is 0 Å². The highest BCUT2D eigenvalue weighted by Crippen LogP contribution is 2.48. The Labute approximate surface area is 216 Å². The number of nitrogens with one attached hydrogen (secondary N) is 1. The minimum atomic E-state index is -1.45. The number of carbonyl (C=O) groups excluding carboxylic acids is 2. The Morgan fingerprint density at radius 3 is 1.81 bits per heavy atom. The van der Waals surface area contributed by atoms with Crippen LogP contribution in [0.1, 0.15) is 36.5 Å². The number of nitrogens with zero attached hydrogens (tertiary/aromatic N) is 2. The van der Waals surface area contributed by atoms with E-state index in [0.717, 1.165) is 23.1 Å². The molecule has 7 heteroatoms. The molecule has 4 atom stereocenters. The molecular weight excluding hydrogens is 466 g/mol. The van der Waals surface area contributed by atoms with Gasteiger partial charge in [-0.1, -0.05) is 91.0 Å². The Morgan fingerprint density at radius 1 is 0.865 bits per heavy atom. The van der Waals surface area contributed by atoms with E-state index in [1.165, 1.54) is 0 Å². The van der Waals surface area contributed by atoms with Gasteiger partial charge in [-0.25, -0.2) is 4.79 Å². The molecule has 2 aliphatic rings. The van der Waals surface area contributed by atoms with E-state index in [1.54, 1.807) is 11.8 Å². The molecule has 7 nitrogen and oxygen atoms in total. The van der Waals surface area contributed by atoms with Gasteiger partial charge in [0.15, 0.2) is 0 Å². The van der Waals surface area contributed by atoms with Crippen LogP contribution >= 0.6 is 0 Å². The SMILES string of the molecule is CC(C(=O)C(=O)O)N1CCCC1NC(=O)[C@@H]1CN1C(c1ccccc1)(c1ccccc1)c1ccccc1. The van der Waals surface area contributed by atoms with Gasteiger partial charge in [-0.3, -0.25) is 19.4 Å². The zero-order valence-electron chi connectivity index (χ0n) is 20.8. The van der Waals surface area contributed by atoms with E-state index < -0.39 is 23.3 Å². The lowest BCUT2D eigenvalue weighted by Gasteiger charge is -2.38. The molecule has 0 aromatic heterocycles. The number of carbonyl (C=O) groups is 3. The number of hydrogen-bond acceptors (Lipinski definition) is 5. The quantitative estimate of drug-likeness (QED) is 0.268. The number of aliphatic carboxylic acids is 1. The first-order valence-electron chi connectivity index (χ1n) is 12.7. The molecule has 2 aliphatic heterocycles. The number of benzene rings is 3. The zero-order chi connectivity index (χ0) is 26.0. The number of rotatable bonds is 9. The molecule has 0 radical (unpaired) electrons.